The summed E-state index contributed by atoms with van der Waals surface area (Å²) in [4.78, 5) is 11.9. The molecule has 1 aliphatic heterocycles. The van der Waals surface area contributed by atoms with Gasteiger partial charge in [-0.3, -0.25) is 4.79 Å². The summed E-state index contributed by atoms with van der Waals surface area (Å²) in [6.07, 6.45) is 3.45. The van der Waals surface area contributed by atoms with Gasteiger partial charge in [-0.2, -0.15) is 5.26 Å². The molecule has 0 unspecified atom stereocenters. The molecule has 1 aromatic carbocycles. The first kappa shape index (κ1) is 13.6. The number of rotatable bonds is 4. The van der Waals surface area contributed by atoms with Crippen LogP contribution in [0.2, 0.25) is 0 Å². The molecule has 1 amide bonds. The third kappa shape index (κ3) is 4.08. The van der Waals surface area contributed by atoms with Crippen LogP contribution in [0.3, 0.4) is 0 Å². The summed E-state index contributed by atoms with van der Waals surface area (Å²) < 4.78 is 0. The Balaban J connectivity index is 1.75. The molecule has 1 saturated heterocycles. The van der Waals surface area contributed by atoms with Crippen LogP contribution in [0.5, 0.6) is 0 Å². The maximum atomic E-state index is 11.9. The number of carbonyl (C=O) groups excluding carboxylic acids is 1. The monoisotopic (exact) mass is 257 g/mol. The van der Waals surface area contributed by atoms with Crippen molar-refractivity contribution in [3.05, 3.63) is 35.4 Å². The highest BCUT2D eigenvalue weighted by Gasteiger charge is 2.13. The Labute approximate surface area is 113 Å². The fourth-order valence-corrected chi connectivity index (χ4v) is 2.36. The predicted molar refractivity (Wildman–Crippen MR) is 73.7 cm³/mol. The Bertz CT molecular complexity index is 455. The predicted octanol–water partition coefficient (Wildman–Crippen LogP) is 1.68. The van der Waals surface area contributed by atoms with Gasteiger partial charge in [-0.15, -0.1) is 0 Å². The van der Waals surface area contributed by atoms with Crippen molar-refractivity contribution >= 4 is 5.91 Å². The molecular formula is C15H19N3O. The number of amides is 1. The van der Waals surface area contributed by atoms with Crippen LogP contribution in [0.1, 0.15) is 35.2 Å². The molecule has 1 heterocycles. The zero-order valence-corrected chi connectivity index (χ0v) is 11.0. The molecule has 100 valence electrons. The van der Waals surface area contributed by atoms with Gasteiger partial charge in [0.1, 0.15) is 0 Å². The summed E-state index contributed by atoms with van der Waals surface area (Å²) in [5.74, 6) is 0.668. The summed E-state index contributed by atoms with van der Waals surface area (Å²) in [7, 11) is 0. The van der Waals surface area contributed by atoms with Crippen LogP contribution >= 0.6 is 0 Å². The quantitative estimate of drug-likeness (QED) is 0.862. The molecule has 1 aliphatic rings. The van der Waals surface area contributed by atoms with Crippen molar-refractivity contribution in [2.24, 2.45) is 5.92 Å². The van der Waals surface area contributed by atoms with E-state index in [1.807, 2.05) is 6.07 Å². The fraction of sp³-hybridized carbons (Fsp3) is 0.467. The highest BCUT2D eigenvalue weighted by atomic mass is 16.1. The lowest BCUT2D eigenvalue weighted by Gasteiger charge is -2.22. The molecule has 0 aromatic heterocycles. The molecule has 0 spiro atoms. The van der Waals surface area contributed by atoms with E-state index < -0.39 is 0 Å². The smallest absolute Gasteiger partial charge is 0.251 e. The van der Waals surface area contributed by atoms with Crippen molar-refractivity contribution in [3.63, 3.8) is 0 Å². The zero-order chi connectivity index (χ0) is 13.5. The van der Waals surface area contributed by atoms with E-state index >= 15 is 0 Å². The van der Waals surface area contributed by atoms with Crippen LogP contribution in [0, 0.1) is 17.2 Å². The number of nitrogens with zero attached hydrogens (tertiary/aromatic N) is 1. The van der Waals surface area contributed by atoms with Crippen LogP contribution < -0.4 is 10.6 Å². The van der Waals surface area contributed by atoms with Gasteiger partial charge in [0.15, 0.2) is 0 Å². The second-order valence-corrected chi connectivity index (χ2v) is 4.93. The van der Waals surface area contributed by atoms with Gasteiger partial charge in [0.05, 0.1) is 11.6 Å². The summed E-state index contributed by atoms with van der Waals surface area (Å²) >= 11 is 0. The van der Waals surface area contributed by atoms with Crippen molar-refractivity contribution in [2.75, 3.05) is 19.6 Å². The van der Waals surface area contributed by atoms with Gasteiger partial charge in [-0.1, -0.05) is 0 Å². The molecule has 0 radical (unpaired) electrons. The molecule has 0 saturated carbocycles. The summed E-state index contributed by atoms with van der Waals surface area (Å²) in [5, 5.41) is 15.0. The second kappa shape index (κ2) is 6.91. The second-order valence-electron chi connectivity index (χ2n) is 4.93. The van der Waals surface area contributed by atoms with E-state index in [9.17, 15) is 4.79 Å². The van der Waals surface area contributed by atoms with Gasteiger partial charge >= 0.3 is 0 Å². The van der Waals surface area contributed by atoms with E-state index in [4.69, 9.17) is 5.26 Å². The van der Waals surface area contributed by atoms with Crippen molar-refractivity contribution < 1.29 is 4.79 Å². The topological polar surface area (TPSA) is 64.9 Å². The number of nitriles is 1. The lowest BCUT2D eigenvalue weighted by molar-refractivity contribution is 0.0950. The molecule has 4 heteroatoms. The third-order valence-electron chi connectivity index (χ3n) is 3.57. The highest BCUT2D eigenvalue weighted by molar-refractivity contribution is 5.94. The maximum Gasteiger partial charge on any atom is 0.251 e. The standard InChI is InChI=1S/C15H19N3O/c16-11-13-1-3-14(4-2-13)15(19)18-10-7-12-5-8-17-9-6-12/h1-4,12,17H,5-10H2,(H,18,19). The van der Waals surface area contributed by atoms with Gasteiger partial charge in [0.25, 0.3) is 5.91 Å². The number of carbonyl (C=O) groups is 1. The van der Waals surface area contributed by atoms with Crippen LogP contribution in [-0.2, 0) is 0 Å². The SMILES string of the molecule is N#Cc1ccc(C(=O)NCCC2CCNCC2)cc1. The van der Waals surface area contributed by atoms with E-state index in [2.05, 4.69) is 10.6 Å². The summed E-state index contributed by atoms with van der Waals surface area (Å²) in [5.41, 5.74) is 1.19. The first-order chi connectivity index (χ1) is 9.29. The van der Waals surface area contributed by atoms with Gasteiger partial charge in [-0.05, 0) is 62.5 Å². The van der Waals surface area contributed by atoms with E-state index in [-0.39, 0.29) is 5.91 Å². The maximum absolute atomic E-state index is 11.9. The normalized spacial score (nSPS) is 15.7. The van der Waals surface area contributed by atoms with Gasteiger partial charge in [0.2, 0.25) is 0 Å². The van der Waals surface area contributed by atoms with Gasteiger partial charge < -0.3 is 10.6 Å². The molecule has 1 aromatic rings. The van der Waals surface area contributed by atoms with E-state index in [0.717, 1.165) is 32.0 Å². The lowest BCUT2D eigenvalue weighted by Crippen LogP contribution is -2.31. The summed E-state index contributed by atoms with van der Waals surface area (Å²) in [6, 6.07) is 8.76. The van der Waals surface area contributed by atoms with Gasteiger partial charge in [-0.25, -0.2) is 0 Å². The lowest BCUT2D eigenvalue weighted by atomic mass is 9.95. The first-order valence-electron chi connectivity index (χ1n) is 6.78. The van der Waals surface area contributed by atoms with E-state index in [0.29, 0.717) is 11.1 Å². The molecule has 2 rings (SSSR count). The minimum absolute atomic E-state index is 0.0570. The number of piperidine rings is 1. The molecule has 0 atom stereocenters. The molecule has 4 nitrogen and oxygen atoms in total. The van der Waals surface area contributed by atoms with Crippen molar-refractivity contribution in [3.8, 4) is 6.07 Å². The molecule has 2 N–H and O–H groups in total. The average Bonchev–Trinajstić information content (AvgIpc) is 2.48. The van der Waals surface area contributed by atoms with Crippen molar-refractivity contribution in [1.29, 1.82) is 5.26 Å². The Morgan fingerprint density at radius 1 is 1.32 bits per heavy atom. The molecule has 19 heavy (non-hydrogen) atoms. The largest absolute Gasteiger partial charge is 0.352 e. The summed E-state index contributed by atoms with van der Waals surface area (Å²) in [6.45, 7) is 2.91. The molecular weight excluding hydrogens is 238 g/mol. The molecule has 1 fully saturated rings. The van der Waals surface area contributed by atoms with Crippen LogP contribution in [-0.4, -0.2) is 25.5 Å². The highest BCUT2D eigenvalue weighted by Crippen LogP contribution is 2.14. The Morgan fingerprint density at radius 2 is 2.00 bits per heavy atom. The number of benzene rings is 1. The Morgan fingerprint density at radius 3 is 2.63 bits per heavy atom. The molecule has 0 bridgehead atoms. The van der Waals surface area contributed by atoms with Crippen LogP contribution in [0.25, 0.3) is 0 Å². The van der Waals surface area contributed by atoms with Gasteiger partial charge in [0, 0.05) is 12.1 Å². The first-order valence-corrected chi connectivity index (χ1v) is 6.78. The fourth-order valence-electron chi connectivity index (χ4n) is 2.36. The molecule has 0 aliphatic carbocycles. The number of nitrogens with one attached hydrogen (secondary N) is 2. The minimum Gasteiger partial charge on any atom is -0.352 e. The van der Waals surface area contributed by atoms with Crippen molar-refractivity contribution in [2.45, 2.75) is 19.3 Å². The Hall–Kier alpha value is -1.86. The van der Waals surface area contributed by atoms with Crippen LogP contribution in [0.15, 0.2) is 24.3 Å². The van der Waals surface area contributed by atoms with E-state index in [1.54, 1.807) is 24.3 Å². The minimum atomic E-state index is -0.0570. The van der Waals surface area contributed by atoms with E-state index in [1.165, 1.54) is 12.8 Å². The van der Waals surface area contributed by atoms with Crippen molar-refractivity contribution in [1.82, 2.24) is 10.6 Å². The number of hydrogen-bond acceptors (Lipinski definition) is 3. The zero-order valence-electron chi connectivity index (χ0n) is 11.0. The van der Waals surface area contributed by atoms with Crippen LogP contribution in [0.4, 0.5) is 0 Å². The third-order valence-corrected chi connectivity index (χ3v) is 3.57. The Kier molecular flexibility index (Phi) is 4.93. The number of hydrogen-bond donors (Lipinski definition) is 2. The average molecular weight is 257 g/mol.